The van der Waals surface area contributed by atoms with Crippen molar-refractivity contribution < 1.29 is 19.3 Å². The second-order valence-electron chi connectivity index (χ2n) is 6.16. The molecule has 1 atom stereocenters. The monoisotopic (exact) mass is 367 g/mol. The SMILES string of the molecule is O=C(Nc1ccc([N+](=O)[O-])cc1)[C@@H](Cc1ccccc1)N1C(=O)CCC1=O. The predicted octanol–water partition coefficient (Wildman–Crippen LogP) is 2.29. The predicted molar refractivity (Wildman–Crippen MR) is 96.7 cm³/mol. The largest absolute Gasteiger partial charge is 0.324 e. The summed E-state index contributed by atoms with van der Waals surface area (Å²) in [6, 6.07) is 13.5. The summed E-state index contributed by atoms with van der Waals surface area (Å²) in [6.07, 6.45) is 0.376. The van der Waals surface area contributed by atoms with Crippen molar-refractivity contribution in [3.63, 3.8) is 0 Å². The average molecular weight is 367 g/mol. The first-order valence-corrected chi connectivity index (χ1v) is 8.40. The summed E-state index contributed by atoms with van der Waals surface area (Å²) in [5.74, 6) is -1.27. The minimum atomic E-state index is -0.981. The van der Waals surface area contributed by atoms with Crippen LogP contribution in [0.15, 0.2) is 54.6 Å². The molecule has 0 unspecified atom stereocenters. The smallest absolute Gasteiger partial charge is 0.269 e. The summed E-state index contributed by atoms with van der Waals surface area (Å²) in [6.45, 7) is 0. The molecule has 2 aromatic rings. The van der Waals surface area contributed by atoms with Gasteiger partial charge in [-0.15, -0.1) is 0 Å². The normalized spacial score (nSPS) is 14.9. The van der Waals surface area contributed by atoms with Crippen molar-refractivity contribution in [1.82, 2.24) is 4.90 Å². The second kappa shape index (κ2) is 7.77. The van der Waals surface area contributed by atoms with Crippen LogP contribution in [0.2, 0.25) is 0 Å². The minimum Gasteiger partial charge on any atom is -0.324 e. The lowest BCUT2D eigenvalue weighted by Gasteiger charge is -2.25. The number of amides is 3. The molecule has 0 aliphatic carbocycles. The van der Waals surface area contributed by atoms with Crippen molar-refractivity contribution in [2.45, 2.75) is 25.3 Å². The van der Waals surface area contributed by atoms with Crippen LogP contribution in [0.25, 0.3) is 0 Å². The summed E-state index contributed by atoms with van der Waals surface area (Å²) in [7, 11) is 0. The summed E-state index contributed by atoms with van der Waals surface area (Å²) in [5.41, 5.74) is 1.07. The van der Waals surface area contributed by atoms with Gasteiger partial charge in [-0.05, 0) is 17.7 Å². The first kappa shape index (κ1) is 18.2. The van der Waals surface area contributed by atoms with Gasteiger partial charge in [0.05, 0.1) is 4.92 Å². The molecule has 27 heavy (non-hydrogen) atoms. The molecule has 8 nitrogen and oxygen atoms in total. The fraction of sp³-hybridized carbons (Fsp3) is 0.211. The number of hydrogen-bond donors (Lipinski definition) is 1. The number of anilines is 1. The Morgan fingerprint density at radius 1 is 1.04 bits per heavy atom. The van der Waals surface area contributed by atoms with Crippen LogP contribution in [0.4, 0.5) is 11.4 Å². The maximum absolute atomic E-state index is 12.8. The fourth-order valence-electron chi connectivity index (χ4n) is 2.97. The van der Waals surface area contributed by atoms with Gasteiger partial charge in [-0.2, -0.15) is 0 Å². The van der Waals surface area contributed by atoms with Gasteiger partial charge in [0.2, 0.25) is 17.7 Å². The van der Waals surface area contributed by atoms with E-state index >= 15 is 0 Å². The number of rotatable bonds is 6. The van der Waals surface area contributed by atoms with Gasteiger partial charge in [0, 0.05) is 37.1 Å². The molecule has 1 N–H and O–H groups in total. The Kier molecular flexibility index (Phi) is 5.25. The van der Waals surface area contributed by atoms with Crippen LogP contribution < -0.4 is 5.32 Å². The third kappa shape index (κ3) is 4.17. The summed E-state index contributed by atoms with van der Waals surface area (Å²) >= 11 is 0. The first-order valence-electron chi connectivity index (χ1n) is 8.40. The van der Waals surface area contributed by atoms with Crippen molar-refractivity contribution in [2.75, 3.05) is 5.32 Å². The van der Waals surface area contributed by atoms with Crippen LogP contribution in [-0.4, -0.2) is 33.6 Å². The van der Waals surface area contributed by atoms with Gasteiger partial charge in [0.25, 0.3) is 5.69 Å². The van der Waals surface area contributed by atoms with Crippen molar-refractivity contribution >= 4 is 29.1 Å². The zero-order valence-electron chi connectivity index (χ0n) is 14.3. The van der Waals surface area contributed by atoms with Gasteiger partial charge in [0.15, 0.2) is 0 Å². The van der Waals surface area contributed by atoms with E-state index in [1.54, 1.807) is 0 Å². The molecule has 1 aliphatic heterocycles. The van der Waals surface area contributed by atoms with Gasteiger partial charge in [-0.25, -0.2) is 0 Å². The number of nitrogens with zero attached hydrogens (tertiary/aromatic N) is 2. The van der Waals surface area contributed by atoms with E-state index in [2.05, 4.69) is 5.32 Å². The van der Waals surface area contributed by atoms with Crippen molar-refractivity contribution in [3.8, 4) is 0 Å². The van der Waals surface area contributed by atoms with Crippen LogP contribution >= 0.6 is 0 Å². The summed E-state index contributed by atoms with van der Waals surface area (Å²) < 4.78 is 0. The number of imide groups is 1. The van der Waals surface area contributed by atoms with Crippen molar-refractivity contribution in [1.29, 1.82) is 0 Å². The zero-order chi connectivity index (χ0) is 19.4. The molecule has 0 radical (unpaired) electrons. The maximum Gasteiger partial charge on any atom is 0.269 e. The molecule has 1 aliphatic rings. The molecular weight excluding hydrogens is 350 g/mol. The number of non-ortho nitro benzene ring substituents is 1. The molecule has 1 saturated heterocycles. The molecule has 1 fully saturated rings. The maximum atomic E-state index is 12.8. The van der Waals surface area contributed by atoms with Gasteiger partial charge in [0.1, 0.15) is 6.04 Å². The molecule has 0 saturated carbocycles. The molecule has 0 bridgehead atoms. The standard InChI is InChI=1S/C19H17N3O5/c23-17-10-11-18(24)21(17)16(12-13-4-2-1-3-5-13)19(25)20-14-6-8-15(9-7-14)22(26)27/h1-9,16H,10-12H2,(H,20,25)/t16-/m1/s1. The van der Waals surface area contributed by atoms with Crippen LogP contribution in [0, 0.1) is 10.1 Å². The Morgan fingerprint density at radius 2 is 1.63 bits per heavy atom. The van der Waals surface area contributed by atoms with E-state index in [0.717, 1.165) is 10.5 Å². The molecular formula is C19H17N3O5. The molecule has 2 aromatic carbocycles. The highest BCUT2D eigenvalue weighted by Gasteiger charge is 2.38. The number of nitrogens with one attached hydrogen (secondary N) is 1. The Labute approximate surface area is 154 Å². The molecule has 3 amide bonds. The summed E-state index contributed by atoms with van der Waals surface area (Å²) in [4.78, 5) is 48.3. The highest BCUT2D eigenvalue weighted by Crippen LogP contribution is 2.21. The van der Waals surface area contributed by atoms with Crippen LogP contribution in [0.3, 0.4) is 0 Å². The second-order valence-corrected chi connectivity index (χ2v) is 6.16. The lowest BCUT2D eigenvalue weighted by atomic mass is 10.0. The minimum absolute atomic E-state index is 0.0922. The van der Waals surface area contributed by atoms with E-state index in [9.17, 15) is 24.5 Å². The van der Waals surface area contributed by atoms with Gasteiger partial charge in [-0.3, -0.25) is 29.4 Å². The molecule has 8 heteroatoms. The van der Waals surface area contributed by atoms with E-state index in [0.29, 0.717) is 5.69 Å². The van der Waals surface area contributed by atoms with E-state index in [1.165, 1.54) is 24.3 Å². The van der Waals surface area contributed by atoms with Crippen LogP contribution in [0.1, 0.15) is 18.4 Å². The number of carbonyl (C=O) groups is 3. The molecule has 138 valence electrons. The number of benzene rings is 2. The van der Waals surface area contributed by atoms with E-state index in [-0.39, 0.29) is 36.8 Å². The zero-order valence-corrected chi connectivity index (χ0v) is 14.3. The number of likely N-dealkylation sites (tertiary alicyclic amines) is 1. The third-order valence-electron chi connectivity index (χ3n) is 4.32. The van der Waals surface area contributed by atoms with Gasteiger partial charge >= 0.3 is 0 Å². The molecule has 0 spiro atoms. The number of hydrogen-bond acceptors (Lipinski definition) is 5. The molecule has 0 aromatic heterocycles. The molecule has 1 heterocycles. The van der Waals surface area contributed by atoms with E-state index < -0.39 is 16.9 Å². The highest BCUT2D eigenvalue weighted by atomic mass is 16.6. The van der Waals surface area contributed by atoms with Crippen LogP contribution in [0.5, 0.6) is 0 Å². The average Bonchev–Trinajstić information content (AvgIpc) is 2.99. The quantitative estimate of drug-likeness (QED) is 0.478. The Bertz CT molecular complexity index is 864. The first-order chi connectivity index (χ1) is 13.0. The fourth-order valence-corrected chi connectivity index (χ4v) is 2.97. The Hall–Kier alpha value is -3.55. The topological polar surface area (TPSA) is 110 Å². The molecule has 3 rings (SSSR count). The van der Waals surface area contributed by atoms with E-state index in [4.69, 9.17) is 0 Å². The van der Waals surface area contributed by atoms with E-state index in [1.807, 2.05) is 30.3 Å². The lowest BCUT2D eigenvalue weighted by molar-refractivity contribution is -0.384. The Balaban J connectivity index is 1.82. The number of carbonyl (C=O) groups excluding carboxylic acids is 3. The Morgan fingerprint density at radius 3 is 2.19 bits per heavy atom. The third-order valence-corrected chi connectivity index (χ3v) is 4.32. The summed E-state index contributed by atoms with van der Waals surface area (Å²) in [5, 5.41) is 13.4. The van der Waals surface area contributed by atoms with Crippen LogP contribution in [-0.2, 0) is 20.8 Å². The highest BCUT2D eigenvalue weighted by molar-refractivity contribution is 6.07. The van der Waals surface area contributed by atoms with Crippen molar-refractivity contribution in [2.24, 2.45) is 0 Å². The number of nitro groups is 1. The van der Waals surface area contributed by atoms with Crippen molar-refractivity contribution in [3.05, 3.63) is 70.3 Å². The lowest BCUT2D eigenvalue weighted by Crippen LogP contribution is -2.48. The number of nitro benzene ring substituents is 1. The van der Waals surface area contributed by atoms with Gasteiger partial charge in [-0.1, -0.05) is 30.3 Å². The van der Waals surface area contributed by atoms with Gasteiger partial charge < -0.3 is 5.32 Å².